The molecule has 0 unspecified atom stereocenters. The molecule has 1 N–H and O–H groups in total. The molecule has 0 heterocycles. The fourth-order valence-corrected chi connectivity index (χ4v) is 2.41. The minimum atomic E-state index is -0.254. The Morgan fingerprint density at radius 2 is 1.86 bits per heavy atom. The third kappa shape index (κ3) is 1.67. The van der Waals surface area contributed by atoms with Crippen LogP contribution in [0.25, 0.3) is 0 Å². The number of rotatable bonds is 1. The average molecular weight is 194 g/mol. The molecular formula is C12H15FO. The van der Waals surface area contributed by atoms with E-state index >= 15 is 0 Å². The van der Waals surface area contributed by atoms with Crippen LogP contribution in [0, 0.1) is 11.7 Å². The largest absolute Gasteiger partial charge is 0.392 e. The van der Waals surface area contributed by atoms with Gasteiger partial charge >= 0.3 is 0 Å². The van der Waals surface area contributed by atoms with Crippen molar-refractivity contribution in [1.82, 2.24) is 0 Å². The monoisotopic (exact) mass is 194 g/mol. The molecule has 1 aliphatic carbocycles. The molecule has 0 saturated heterocycles. The van der Waals surface area contributed by atoms with Crippen LogP contribution in [0.1, 0.15) is 31.2 Å². The van der Waals surface area contributed by atoms with Crippen molar-refractivity contribution >= 4 is 0 Å². The Morgan fingerprint density at radius 3 is 2.36 bits per heavy atom. The molecule has 1 nitrogen and oxygen atoms in total. The van der Waals surface area contributed by atoms with Gasteiger partial charge in [-0.15, -0.1) is 0 Å². The van der Waals surface area contributed by atoms with Crippen molar-refractivity contribution in [1.29, 1.82) is 0 Å². The Bertz CT molecular complexity index is 297. The lowest BCUT2D eigenvalue weighted by Crippen LogP contribution is -2.15. The molecule has 14 heavy (non-hydrogen) atoms. The molecule has 1 saturated carbocycles. The molecule has 76 valence electrons. The maximum atomic E-state index is 12.7. The molecule has 2 rings (SSSR count). The molecule has 1 fully saturated rings. The number of halogens is 1. The standard InChI is InChI=1S/C12H15FO/c1-8-2-7-11(14)12(8)9-3-5-10(13)6-4-9/h3-6,8,11-12,14H,2,7H2,1H3/t8-,11+,12-/m0/s1. The summed E-state index contributed by atoms with van der Waals surface area (Å²) in [5, 5.41) is 9.79. The second-order valence-electron chi connectivity index (χ2n) is 4.20. The van der Waals surface area contributed by atoms with Crippen LogP contribution in [-0.4, -0.2) is 11.2 Å². The number of hydrogen-bond acceptors (Lipinski definition) is 1. The molecule has 0 aromatic heterocycles. The summed E-state index contributed by atoms with van der Waals surface area (Å²) in [6.45, 7) is 2.14. The Balaban J connectivity index is 2.25. The van der Waals surface area contributed by atoms with Gasteiger partial charge < -0.3 is 5.11 Å². The third-order valence-corrected chi connectivity index (χ3v) is 3.20. The summed E-state index contributed by atoms with van der Waals surface area (Å²) in [7, 11) is 0. The highest BCUT2D eigenvalue weighted by molar-refractivity contribution is 5.23. The van der Waals surface area contributed by atoms with Gasteiger partial charge in [-0.3, -0.25) is 0 Å². The van der Waals surface area contributed by atoms with E-state index in [9.17, 15) is 9.50 Å². The van der Waals surface area contributed by atoms with E-state index in [2.05, 4.69) is 6.92 Å². The predicted molar refractivity (Wildman–Crippen MR) is 53.5 cm³/mol. The van der Waals surface area contributed by atoms with E-state index in [0.29, 0.717) is 5.92 Å². The number of aliphatic hydroxyl groups excluding tert-OH is 1. The van der Waals surface area contributed by atoms with Crippen LogP contribution in [0.2, 0.25) is 0 Å². The van der Waals surface area contributed by atoms with E-state index < -0.39 is 0 Å². The summed E-state index contributed by atoms with van der Waals surface area (Å²) in [6, 6.07) is 6.50. The predicted octanol–water partition coefficient (Wildman–Crippen LogP) is 2.70. The zero-order chi connectivity index (χ0) is 10.1. The van der Waals surface area contributed by atoms with E-state index in [1.54, 1.807) is 12.1 Å². The van der Waals surface area contributed by atoms with E-state index in [0.717, 1.165) is 18.4 Å². The van der Waals surface area contributed by atoms with Gasteiger partial charge in [0.05, 0.1) is 6.10 Å². The van der Waals surface area contributed by atoms with Gasteiger partial charge in [0.2, 0.25) is 0 Å². The Morgan fingerprint density at radius 1 is 1.21 bits per heavy atom. The summed E-state index contributed by atoms with van der Waals surface area (Å²) in [6.07, 6.45) is 1.67. The molecule has 1 aromatic carbocycles. The van der Waals surface area contributed by atoms with Crippen molar-refractivity contribution < 1.29 is 9.50 Å². The lowest BCUT2D eigenvalue weighted by Gasteiger charge is -2.19. The second kappa shape index (κ2) is 3.70. The molecule has 1 aromatic rings. The van der Waals surface area contributed by atoms with Gasteiger partial charge in [0.1, 0.15) is 5.82 Å². The van der Waals surface area contributed by atoms with E-state index in [4.69, 9.17) is 0 Å². The van der Waals surface area contributed by atoms with Crippen molar-refractivity contribution in [3.8, 4) is 0 Å². The van der Waals surface area contributed by atoms with E-state index in [1.807, 2.05) is 0 Å². The molecule has 0 bridgehead atoms. The van der Waals surface area contributed by atoms with Gasteiger partial charge in [0.25, 0.3) is 0 Å². The highest BCUT2D eigenvalue weighted by atomic mass is 19.1. The van der Waals surface area contributed by atoms with Gasteiger partial charge in [-0.2, -0.15) is 0 Å². The van der Waals surface area contributed by atoms with Crippen LogP contribution in [-0.2, 0) is 0 Å². The lowest BCUT2D eigenvalue weighted by atomic mass is 9.89. The van der Waals surface area contributed by atoms with Crippen LogP contribution in [0.15, 0.2) is 24.3 Å². The van der Waals surface area contributed by atoms with Crippen LogP contribution in [0.3, 0.4) is 0 Å². The number of aliphatic hydroxyl groups is 1. The van der Waals surface area contributed by atoms with Crippen molar-refractivity contribution in [2.75, 3.05) is 0 Å². The second-order valence-corrected chi connectivity index (χ2v) is 4.20. The zero-order valence-electron chi connectivity index (χ0n) is 8.28. The smallest absolute Gasteiger partial charge is 0.123 e. The minimum absolute atomic E-state index is 0.190. The molecule has 0 aliphatic heterocycles. The van der Waals surface area contributed by atoms with Gasteiger partial charge in [-0.1, -0.05) is 19.1 Å². The molecular weight excluding hydrogens is 179 g/mol. The maximum Gasteiger partial charge on any atom is 0.123 e. The molecule has 1 aliphatic rings. The van der Waals surface area contributed by atoms with Crippen LogP contribution >= 0.6 is 0 Å². The molecule has 0 amide bonds. The van der Waals surface area contributed by atoms with Gasteiger partial charge in [0.15, 0.2) is 0 Å². The number of hydrogen-bond donors (Lipinski definition) is 1. The van der Waals surface area contributed by atoms with E-state index in [-0.39, 0.29) is 17.8 Å². The fraction of sp³-hybridized carbons (Fsp3) is 0.500. The molecule has 0 spiro atoms. The topological polar surface area (TPSA) is 20.2 Å². The maximum absolute atomic E-state index is 12.7. The molecule has 2 heteroatoms. The minimum Gasteiger partial charge on any atom is -0.392 e. The highest BCUT2D eigenvalue weighted by Gasteiger charge is 2.32. The lowest BCUT2D eigenvalue weighted by molar-refractivity contribution is 0.156. The number of benzene rings is 1. The van der Waals surface area contributed by atoms with Crippen molar-refractivity contribution in [2.45, 2.75) is 31.8 Å². The van der Waals surface area contributed by atoms with Crippen molar-refractivity contribution in [3.63, 3.8) is 0 Å². The zero-order valence-corrected chi connectivity index (χ0v) is 8.28. The highest BCUT2D eigenvalue weighted by Crippen LogP contribution is 2.39. The van der Waals surface area contributed by atoms with Gasteiger partial charge in [0, 0.05) is 5.92 Å². The molecule has 0 radical (unpaired) electrons. The van der Waals surface area contributed by atoms with Gasteiger partial charge in [-0.25, -0.2) is 4.39 Å². The Kier molecular flexibility index (Phi) is 2.55. The fourth-order valence-electron chi connectivity index (χ4n) is 2.41. The normalized spacial score (nSPS) is 32.1. The van der Waals surface area contributed by atoms with E-state index in [1.165, 1.54) is 12.1 Å². The Labute approximate surface area is 83.6 Å². The van der Waals surface area contributed by atoms with Crippen molar-refractivity contribution in [2.24, 2.45) is 5.92 Å². The van der Waals surface area contributed by atoms with Crippen LogP contribution in [0.5, 0.6) is 0 Å². The summed E-state index contributed by atoms with van der Waals surface area (Å²) in [5.41, 5.74) is 1.06. The summed E-state index contributed by atoms with van der Waals surface area (Å²) in [5.74, 6) is 0.472. The first-order valence-electron chi connectivity index (χ1n) is 5.12. The first-order chi connectivity index (χ1) is 6.68. The average Bonchev–Trinajstić information content (AvgIpc) is 2.49. The van der Waals surface area contributed by atoms with Crippen LogP contribution in [0.4, 0.5) is 4.39 Å². The third-order valence-electron chi connectivity index (χ3n) is 3.20. The van der Waals surface area contributed by atoms with Crippen molar-refractivity contribution in [3.05, 3.63) is 35.6 Å². The first kappa shape index (κ1) is 9.66. The summed E-state index contributed by atoms with van der Waals surface area (Å²) >= 11 is 0. The molecule has 3 atom stereocenters. The summed E-state index contributed by atoms with van der Waals surface area (Å²) in [4.78, 5) is 0. The summed E-state index contributed by atoms with van der Waals surface area (Å²) < 4.78 is 12.7. The first-order valence-corrected chi connectivity index (χ1v) is 5.12. The quantitative estimate of drug-likeness (QED) is 0.728. The van der Waals surface area contributed by atoms with Gasteiger partial charge in [-0.05, 0) is 36.5 Å². The Hall–Kier alpha value is -0.890. The van der Waals surface area contributed by atoms with Crippen LogP contribution < -0.4 is 0 Å². The SMILES string of the molecule is C[C@H]1CC[C@@H](O)[C@@H]1c1ccc(F)cc1.